The fraction of sp³-hybridized carbons (Fsp3) is 0.0500. The van der Waals surface area contributed by atoms with Gasteiger partial charge in [-0.15, -0.1) is 11.3 Å². The van der Waals surface area contributed by atoms with Crippen LogP contribution in [0.2, 0.25) is 0 Å². The van der Waals surface area contributed by atoms with Gasteiger partial charge in [-0.1, -0.05) is 48.5 Å². The molecule has 1 heterocycles. The third-order valence-corrected chi connectivity index (χ3v) is 4.48. The maximum absolute atomic E-state index is 12.9. The van der Waals surface area contributed by atoms with Crippen molar-refractivity contribution in [2.24, 2.45) is 0 Å². The van der Waals surface area contributed by atoms with Gasteiger partial charge in [0, 0.05) is 11.0 Å². The molecule has 0 saturated heterocycles. The van der Waals surface area contributed by atoms with E-state index in [1.165, 1.54) is 18.2 Å². The summed E-state index contributed by atoms with van der Waals surface area (Å²) in [6.07, 6.45) is 3.14. The van der Waals surface area contributed by atoms with Crippen LogP contribution in [-0.4, -0.2) is 5.91 Å². The molecule has 0 aliphatic rings. The van der Waals surface area contributed by atoms with E-state index in [1.807, 2.05) is 47.8 Å². The maximum atomic E-state index is 12.9. The molecule has 3 rings (SSSR count). The normalized spacial score (nSPS) is 12.2. The van der Waals surface area contributed by atoms with Crippen LogP contribution in [0.15, 0.2) is 78.2 Å². The first-order chi connectivity index (χ1) is 11.7. The summed E-state index contributed by atoms with van der Waals surface area (Å²) in [5.74, 6) is -0.486. The average molecular weight is 337 g/mol. The first kappa shape index (κ1) is 16.1. The topological polar surface area (TPSA) is 29.1 Å². The third kappa shape index (κ3) is 4.18. The van der Waals surface area contributed by atoms with E-state index >= 15 is 0 Å². The molecule has 1 atom stereocenters. The minimum atomic E-state index is -0.293. The van der Waals surface area contributed by atoms with Gasteiger partial charge in [0.15, 0.2) is 0 Å². The molecular formula is C20H16FNOS. The molecule has 0 aliphatic heterocycles. The summed E-state index contributed by atoms with van der Waals surface area (Å²) in [7, 11) is 0. The number of carbonyl (C=O) groups excluding carboxylic acids is 1. The highest BCUT2D eigenvalue weighted by molar-refractivity contribution is 7.10. The number of hydrogen-bond acceptors (Lipinski definition) is 2. The van der Waals surface area contributed by atoms with Crippen molar-refractivity contribution in [1.29, 1.82) is 0 Å². The van der Waals surface area contributed by atoms with Gasteiger partial charge in [0.25, 0.3) is 0 Å². The Kier molecular flexibility index (Phi) is 5.18. The van der Waals surface area contributed by atoms with Gasteiger partial charge in [-0.25, -0.2) is 4.39 Å². The minimum Gasteiger partial charge on any atom is -0.341 e. The zero-order valence-electron chi connectivity index (χ0n) is 12.9. The van der Waals surface area contributed by atoms with E-state index < -0.39 is 0 Å². The molecule has 1 amide bonds. The van der Waals surface area contributed by atoms with E-state index in [2.05, 4.69) is 5.32 Å². The molecule has 0 bridgehead atoms. The number of hydrogen-bond donors (Lipinski definition) is 1. The summed E-state index contributed by atoms with van der Waals surface area (Å²) in [4.78, 5) is 13.4. The lowest BCUT2D eigenvalue weighted by Crippen LogP contribution is -2.27. The molecular weight excluding hydrogens is 321 g/mol. The van der Waals surface area contributed by atoms with Crippen LogP contribution in [0.25, 0.3) is 6.08 Å². The Hall–Kier alpha value is -2.72. The molecule has 0 fully saturated rings. The lowest BCUT2D eigenvalue weighted by molar-refractivity contribution is -0.116. The highest BCUT2D eigenvalue weighted by Crippen LogP contribution is 2.25. The summed E-state index contributed by atoms with van der Waals surface area (Å²) < 4.78 is 12.9. The molecule has 2 aromatic carbocycles. The fourth-order valence-electron chi connectivity index (χ4n) is 2.36. The predicted molar refractivity (Wildman–Crippen MR) is 96.2 cm³/mol. The molecule has 0 radical (unpaired) electrons. The maximum Gasteiger partial charge on any atom is 0.244 e. The Morgan fingerprint density at radius 1 is 1.00 bits per heavy atom. The smallest absolute Gasteiger partial charge is 0.244 e. The van der Waals surface area contributed by atoms with Crippen molar-refractivity contribution in [3.8, 4) is 0 Å². The van der Waals surface area contributed by atoms with Gasteiger partial charge < -0.3 is 5.32 Å². The van der Waals surface area contributed by atoms with Gasteiger partial charge >= 0.3 is 0 Å². The third-order valence-electron chi connectivity index (χ3n) is 3.54. The molecule has 120 valence electrons. The Bertz CT molecular complexity index is 811. The largest absolute Gasteiger partial charge is 0.341 e. The molecule has 0 aliphatic carbocycles. The number of carbonyl (C=O) groups is 1. The van der Waals surface area contributed by atoms with Crippen LogP contribution in [0.4, 0.5) is 4.39 Å². The van der Waals surface area contributed by atoms with E-state index in [4.69, 9.17) is 0 Å². The summed E-state index contributed by atoms with van der Waals surface area (Å²) >= 11 is 1.60. The average Bonchev–Trinajstić information content (AvgIpc) is 3.14. The van der Waals surface area contributed by atoms with Crippen LogP contribution >= 0.6 is 11.3 Å². The standard InChI is InChI=1S/C20H16FNOS/c21-17-11-8-15(9-12-17)10-13-19(23)22-20(18-7-4-14-24-18)16-5-2-1-3-6-16/h1-14,20H,(H,22,23)/b13-10+/t20-/m0/s1. The summed E-state index contributed by atoms with van der Waals surface area (Å²) in [6, 6.07) is 19.6. The zero-order valence-corrected chi connectivity index (χ0v) is 13.7. The summed E-state index contributed by atoms with van der Waals surface area (Å²) in [5, 5.41) is 5.02. The van der Waals surface area contributed by atoms with Crippen LogP contribution in [0.3, 0.4) is 0 Å². The number of rotatable bonds is 5. The Morgan fingerprint density at radius 2 is 1.75 bits per heavy atom. The van der Waals surface area contributed by atoms with Gasteiger partial charge in [-0.2, -0.15) is 0 Å². The van der Waals surface area contributed by atoms with Crippen LogP contribution in [0.5, 0.6) is 0 Å². The molecule has 3 aromatic rings. The Balaban J connectivity index is 1.75. The van der Waals surface area contributed by atoms with Gasteiger partial charge in [0.1, 0.15) is 5.82 Å². The van der Waals surface area contributed by atoms with Crippen molar-refractivity contribution in [1.82, 2.24) is 5.32 Å². The van der Waals surface area contributed by atoms with Crippen molar-refractivity contribution in [2.45, 2.75) is 6.04 Å². The quantitative estimate of drug-likeness (QED) is 0.665. The fourth-order valence-corrected chi connectivity index (χ4v) is 3.16. The first-order valence-electron chi connectivity index (χ1n) is 7.55. The second-order valence-electron chi connectivity index (χ2n) is 5.25. The van der Waals surface area contributed by atoms with E-state index in [-0.39, 0.29) is 17.8 Å². The van der Waals surface area contributed by atoms with Crippen molar-refractivity contribution in [3.05, 3.63) is 100 Å². The molecule has 2 nitrogen and oxygen atoms in total. The molecule has 1 N–H and O–H groups in total. The summed E-state index contributed by atoms with van der Waals surface area (Å²) in [6.45, 7) is 0. The zero-order chi connectivity index (χ0) is 16.8. The first-order valence-corrected chi connectivity index (χ1v) is 8.43. The van der Waals surface area contributed by atoms with E-state index in [9.17, 15) is 9.18 Å². The molecule has 0 saturated carbocycles. The van der Waals surface area contributed by atoms with E-state index in [1.54, 1.807) is 29.5 Å². The molecule has 24 heavy (non-hydrogen) atoms. The lowest BCUT2D eigenvalue weighted by atomic mass is 10.1. The lowest BCUT2D eigenvalue weighted by Gasteiger charge is -2.17. The number of halogens is 1. The van der Waals surface area contributed by atoms with Gasteiger partial charge in [0.2, 0.25) is 5.91 Å². The van der Waals surface area contributed by atoms with Gasteiger partial charge in [0.05, 0.1) is 6.04 Å². The van der Waals surface area contributed by atoms with Crippen molar-refractivity contribution in [2.75, 3.05) is 0 Å². The van der Waals surface area contributed by atoms with E-state index in [0.29, 0.717) is 0 Å². The van der Waals surface area contributed by atoms with Crippen LogP contribution in [0.1, 0.15) is 22.0 Å². The second kappa shape index (κ2) is 7.70. The van der Waals surface area contributed by atoms with Crippen LogP contribution in [-0.2, 0) is 4.79 Å². The van der Waals surface area contributed by atoms with Crippen LogP contribution < -0.4 is 5.32 Å². The minimum absolute atomic E-state index is 0.184. The van der Waals surface area contributed by atoms with Crippen molar-refractivity contribution >= 4 is 23.3 Å². The summed E-state index contributed by atoms with van der Waals surface area (Å²) in [5.41, 5.74) is 1.81. The molecule has 0 unspecified atom stereocenters. The molecule has 0 spiro atoms. The van der Waals surface area contributed by atoms with Gasteiger partial charge in [-0.3, -0.25) is 4.79 Å². The Morgan fingerprint density at radius 3 is 2.42 bits per heavy atom. The molecule has 4 heteroatoms. The van der Waals surface area contributed by atoms with Crippen molar-refractivity contribution in [3.63, 3.8) is 0 Å². The van der Waals surface area contributed by atoms with Gasteiger partial charge in [-0.05, 0) is 40.8 Å². The monoisotopic (exact) mass is 337 g/mol. The Labute approximate surface area is 144 Å². The number of nitrogens with one attached hydrogen (secondary N) is 1. The molecule has 1 aromatic heterocycles. The SMILES string of the molecule is O=C(/C=C/c1ccc(F)cc1)N[C@@H](c1ccccc1)c1cccs1. The second-order valence-corrected chi connectivity index (χ2v) is 6.23. The number of thiophene rings is 1. The highest BCUT2D eigenvalue weighted by Gasteiger charge is 2.16. The predicted octanol–water partition coefficient (Wildman–Crippen LogP) is 4.81. The van der Waals surface area contributed by atoms with E-state index in [0.717, 1.165) is 16.0 Å². The van der Waals surface area contributed by atoms with Crippen LogP contribution in [0, 0.1) is 5.82 Å². The van der Waals surface area contributed by atoms with Crippen molar-refractivity contribution < 1.29 is 9.18 Å². The number of amides is 1. The number of benzene rings is 2. The highest BCUT2D eigenvalue weighted by atomic mass is 32.1.